The molecule has 0 spiro atoms. The number of carboxylic acid groups (broad SMARTS) is 1. The number of H-pyrrole nitrogens is 1. The van der Waals surface area contributed by atoms with Gasteiger partial charge in [-0.3, -0.25) is 43.0 Å². The van der Waals surface area contributed by atoms with Crippen molar-refractivity contribution in [3.63, 3.8) is 0 Å². The number of likely N-dealkylation sites (N-methyl/N-ethyl adjacent to an activating group) is 2. The van der Waals surface area contributed by atoms with E-state index in [1.54, 1.807) is 13.8 Å². The molecule has 31 heteroatoms. The Morgan fingerprint density at radius 3 is 1.93 bits per heavy atom. The van der Waals surface area contributed by atoms with Gasteiger partial charge in [0, 0.05) is 66.6 Å². The Hall–Kier alpha value is -4.58. The number of hydrogen-bond donors (Lipinski definition) is 7. The molecule has 0 saturated carbocycles. The summed E-state index contributed by atoms with van der Waals surface area (Å²) in [6, 6.07) is -3.00. The number of nitrogens with zero attached hydrogens (tertiary/aromatic N) is 3. The third kappa shape index (κ3) is 19.0. The van der Waals surface area contributed by atoms with Gasteiger partial charge in [0.2, 0.25) is 12.2 Å². The monoisotopic (exact) mass is 1230 g/mol. The van der Waals surface area contributed by atoms with Gasteiger partial charge < -0.3 is 78.4 Å². The maximum atomic E-state index is 14.8. The second-order valence-corrected chi connectivity index (χ2v) is 23.0. The second kappa shape index (κ2) is 33.0. The molecule has 5 heterocycles. The minimum absolute atomic E-state index is 0.187. The predicted octanol–water partition coefficient (Wildman–Crippen LogP) is -0.337. The second-order valence-electron chi connectivity index (χ2n) is 21.9. The van der Waals surface area contributed by atoms with E-state index >= 15 is 0 Å². The number of rotatable bonds is 33. The molecule has 0 bridgehead atoms. The molecule has 1 aromatic heterocycles. The van der Waals surface area contributed by atoms with Gasteiger partial charge in [0.15, 0.2) is 24.7 Å². The van der Waals surface area contributed by atoms with Crippen molar-refractivity contribution in [2.45, 2.75) is 227 Å². The number of carbonyl (C=O) groups is 5. The van der Waals surface area contributed by atoms with Crippen LogP contribution in [0.2, 0.25) is 0 Å². The van der Waals surface area contributed by atoms with Crippen LogP contribution in [0.5, 0.6) is 0 Å². The van der Waals surface area contributed by atoms with Crippen LogP contribution in [-0.4, -0.2) is 235 Å². The van der Waals surface area contributed by atoms with Crippen LogP contribution in [-0.2, 0) is 85.9 Å². The first-order valence-electron chi connectivity index (χ1n) is 28.5. The van der Waals surface area contributed by atoms with E-state index in [-0.39, 0.29) is 25.8 Å². The van der Waals surface area contributed by atoms with Gasteiger partial charge in [-0.05, 0) is 32.7 Å². The average Bonchev–Trinajstić information content (AvgIpc) is 3.03. The van der Waals surface area contributed by atoms with Gasteiger partial charge >= 0.3 is 40.0 Å². The Labute approximate surface area is 487 Å². The molecule has 1 aromatic rings. The highest BCUT2D eigenvalue weighted by Gasteiger charge is 2.59. The summed E-state index contributed by atoms with van der Waals surface area (Å²) in [5.74, 6) is -5.92. The Bertz CT molecular complexity index is 2520. The lowest BCUT2D eigenvalue weighted by molar-refractivity contribution is -0.297. The Morgan fingerprint density at radius 1 is 0.774 bits per heavy atom. The summed E-state index contributed by atoms with van der Waals surface area (Å²) >= 11 is 0. The fraction of sp³-hybridized carbons (Fsp3) is 0.830. The number of aromatic amines is 1. The number of carboxylic acids is 1. The molecule has 4 aliphatic rings. The predicted molar refractivity (Wildman–Crippen MR) is 290 cm³/mol. The number of nitrogens with two attached hydrogens (primary N) is 1. The number of aliphatic carboxylic acids is 1. The average molecular weight is 1230 g/mol. The van der Waals surface area contributed by atoms with Crippen LogP contribution in [0.3, 0.4) is 0 Å². The molecule has 8 N–H and O–H groups in total. The zero-order chi connectivity index (χ0) is 62.2. The summed E-state index contributed by atoms with van der Waals surface area (Å²) < 4.78 is 97.4. The molecule has 0 radical (unpaired) electrons. The van der Waals surface area contributed by atoms with E-state index in [2.05, 4.69) is 6.92 Å². The van der Waals surface area contributed by atoms with Gasteiger partial charge in [-0.25, -0.2) is 13.8 Å². The van der Waals surface area contributed by atoms with Crippen LogP contribution in [0, 0.1) is 5.92 Å². The van der Waals surface area contributed by atoms with Gasteiger partial charge in [0.05, 0.1) is 12.5 Å². The number of esters is 3. The van der Waals surface area contributed by atoms with Gasteiger partial charge in [-0.1, -0.05) is 78.1 Å². The number of carbonyl (C=O) groups excluding carboxylic acids is 4. The molecule has 4 fully saturated rings. The largest absolute Gasteiger partial charge is 0.480 e. The third-order valence-electron chi connectivity index (χ3n) is 15.6. The number of aliphatic hydroxyl groups is 3. The molecule has 0 aliphatic carbocycles. The Balaban J connectivity index is 1.37. The molecule has 30 nitrogen and oxygen atoms in total. The molecule has 0 aromatic carbocycles. The lowest BCUT2D eigenvalue weighted by atomic mass is 9.97. The molecule has 480 valence electrons. The van der Waals surface area contributed by atoms with Gasteiger partial charge in [0.25, 0.3) is 5.56 Å². The smallest absolute Gasteiger partial charge is 0.397 e. The van der Waals surface area contributed by atoms with Crippen LogP contribution in [0.4, 0.5) is 0 Å². The van der Waals surface area contributed by atoms with Crippen molar-refractivity contribution >= 4 is 40.2 Å². The van der Waals surface area contributed by atoms with E-state index in [0.717, 1.165) is 69.2 Å². The first kappa shape index (κ1) is 70.2. The number of ether oxygens (including phenoxy) is 10. The summed E-state index contributed by atoms with van der Waals surface area (Å²) in [4.78, 5) is 98.0. The van der Waals surface area contributed by atoms with Crippen molar-refractivity contribution in [1.29, 1.82) is 0 Å². The highest BCUT2D eigenvalue weighted by molar-refractivity contribution is 7.80. The zero-order valence-electron chi connectivity index (χ0n) is 48.9. The highest BCUT2D eigenvalue weighted by atomic mass is 32.3. The highest BCUT2D eigenvalue weighted by Crippen LogP contribution is 2.39. The van der Waals surface area contributed by atoms with E-state index in [9.17, 15) is 67.0 Å². The quantitative estimate of drug-likeness (QED) is 0.0205. The fourth-order valence-corrected chi connectivity index (χ4v) is 11.7. The van der Waals surface area contributed by atoms with E-state index < -0.39 is 181 Å². The summed E-state index contributed by atoms with van der Waals surface area (Å²) in [5.41, 5.74) is 3.63. The van der Waals surface area contributed by atoms with Crippen molar-refractivity contribution in [2.75, 3.05) is 48.5 Å². The SMILES string of the molecule is CCCCCCCCCCCCCC(CC(=O)OC1CN(C)C(C(O[C@@H]2O[C@H](CN)[C@@H](O)[C@H]2O)[C@H]2O[C@@H](n3ccc(=O)[nH]c3=O)[C@H](OS(=O)(=O)O)[C@@H]2O)C(=O)N(C)C1C(=O)O)OC(=O)CC(C)CC(=O)O[C@@H]1O[C@H](C)[C@@H](OC)[C@@H](OC)[C@H]1OC. The van der Waals surface area contributed by atoms with Crippen LogP contribution in [0.1, 0.15) is 123 Å². The van der Waals surface area contributed by atoms with E-state index in [1.807, 2.05) is 4.98 Å². The van der Waals surface area contributed by atoms with Crippen molar-refractivity contribution in [1.82, 2.24) is 19.4 Å². The minimum Gasteiger partial charge on any atom is -0.480 e. The maximum absolute atomic E-state index is 14.8. The molecular formula is C53H87N5O25S. The Morgan fingerprint density at radius 2 is 1.37 bits per heavy atom. The molecule has 84 heavy (non-hydrogen) atoms. The minimum atomic E-state index is -5.49. The van der Waals surface area contributed by atoms with Crippen molar-refractivity contribution in [2.24, 2.45) is 11.7 Å². The lowest BCUT2D eigenvalue weighted by Gasteiger charge is -2.43. The molecule has 1 amide bonds. The van der Waals surface area contributed by atoms with Crippen LogP contribution < -0.4 is 17.0 Å². The van der Waals surface area contributed by atoms with Crippen molar-refractivity contribution < 1.29 is 109 Å². The number of hydrogen-bond acceptors (Lipinski definition) is 25. The van der Waals surface area contributed by atoms with E-state index in [0.29, 0.717) is 15.9 Å². The number of nitrogens with one attached hydrogen (secondary N) is 1. The molecule has 4 aliphatic heterocycles. The first-order chi connectivity index (χ1) is 39.8. The Kier molecular flexibility index (Phi) is 27.5. The first-order valence-corrected chi connectivity index (χ1v) is 29.9. The topological polar surface area (TPSA) is 410 Å². The third-order valence-corrected chi connectivity index (χ3v) is 16.0. The molecule has 6 unspecified atom stereocenters. The van der Waals surface area contributed by atoms with Crippen molar-refractivity contribution in [3.05, 3.63) is 33.1 Å². The standard InChI is InChI=1S/C53H87N5O25S/c1-9-10-11-12-13-14-15-16-17-18-19-20-30(77-34(60)23-28(2)24-35(61)80-52-47(75-8)46(74-7)42(73-6)29(3)76-52)25-36(62)78-32-27-56(4)38(48(66)57(5)37(32)50(67)68)43(82-51-40(64)39(63)31(26-54)79-51)44-41(65)45(83-84(70,71)72)49(81-44)58-22-21-33(59)55-53(58)69/h21-22,28-32,37-47,49,51-52,63-65H,9-20,23-27,54H2,1-8H3,(H,67,68)(H,55,59,69)(H,70,71,72)/t28?,29-,30?,31-,32?,37?,38?,39-,40-,41-,42-,43?,44+,45-,46-,47-,49-,51+,52+/m1/s1. The van der Waals surface area contributed by atoms with Crippen LogP contribution >= 0.6 is 0 Å². The fourth-order valence-electron chi connectivity index (χ4n) is 11.3. The summed E-state index contributed by atoms with van der Waals surface area (Å²) in [7, 11) is 1.19. The maximum Gasteiger partial charge on any atom is 0.397 e. The van der Waals surface area contributed by atoms with E-state index in [4.69, 9.17) is 57.3 Å². The number of unbranched alkanes of at least 4 members (excludes halogenated alkanes) is 10. The van der Waals surface area contributed by atoms with Crippen molar-refractivity contribution in [3.8, 4) is 0 Å². The number of amides is 1. The van der Waals surface area contributed by atoms with Crippen LogP contribution in [0.25, 0.3) is 0 Å². The lowest BCUT2D eigenvalue weighted by Crippen LogP contribution is -2.59. The van der Waals surface area contributed by atoms with Gasteiger partial charge in [0.1, 0.15) is 73.2 Å². The number of aromatic nitrogens is 2. The zero-order valence-corrected chi connectivity index (χ0v) is 49.7. The molecule has 4 saturated heterocycles. The number of aliphatic hydroxyl groups excluding tert-OH is 3. The normalized spacial score (nSPS) is 31.5. The summed E-state index contributed by atoms with van der Waals surface area (Å²) in [6.07, 6.45) is -12.9. The van der Waals surface area contributed by atoms with E-state index in [1.165, 1.54) is 47.6 Å². The summed E-state index contributed by atoms with van der Waals surface area (Å²) in [6.45, 7) is 4.54. The molecular weight excluding hydrogens is 1140 g/mol. The number of methoxy groups -OCH3 is 3. The van der Waals surface area contributed by atoms with Gasteiger partial charge in [-0.15, -0.1) is 0 Å². The molecule has 5 rings (SSSR count). The summed E-state index contributed by atoms with van der Waals surface area (Å²) in [5, 5.41) is 44.4. The molecule has 19 atom stereocenters. The van der Waals surface area contributed by atoms with Gasteiger partial charge in [-0.2, -0.15) is 8.42 Å². The van der Waals surface area contributed by atoms with Crippen LogP contribution in [0.15, 0.2) is 21.9 Å².